The molecular weight excluding hydrogens is 304 g/mol. The Labute approximate surface area is 141 Å². The second kappa shape index (κ2) is 8.10. The van der Waals surface area contributed by atoms with Crippen molar-refractivity contribution in [2.75, 3.05) is 28.6 Å². The fourth-order valence-electron chi connectivity index (χ4n) is 2.36. The van der Waals surface area contributed by atoms with E-state index in [1.807, 2.05) is 25.1 Å². The van der Waals surface area contributed by atoms with Crippen LogP contribution in [0.25, 0.3) is 0 Å². The maximum atomic E-state index is 12.0. The molecule has 0 aliphatic rings. The molecule has 0 atom stereocenters. The molecule has 126 valence electrons. The van der Waals surface area contributed by atoms with Crippen LogP contribution in [0.2, 0.25) is 0 Å². The number of amides is 2. The molecule has 0 fully saturated rings. The van der Waals surface area contributed by atoms with Gasteiger partial charge in [-0.1, -0.05) is 6.07 Å². The molecule has 0 unspecified atom stereocenters. The summed E-state index contributed by atoms with van der Waals surface area (Å²) >= 11 is 0. The van der Waals surface area contributed by atoms with E-state index in [1.54, 1.807) is 24.4 Å². The van der Waals surface area contributed by atoms with E-state index < -0.39 is 11.8 Å². The molecule has 24 heavy (non-hydrogen) atoms. The van der Waals surface area contributed by atoms with Crippen LogP contribution < -0.4 is 15.5 Å². The minimum absolute atomic E-state index is 0.339. The van der Waals surface area contributed by atoms with Gasteiger partial charge in [0.15, 0.2) is 0 Å². The SMILES string of the molecule is CCN(CC)c1ccc(NC(=O)C(=O)Nc2ccccn2)c(C)c1. The van der Waals surface area contributed by atoms with E-state index in [2.05, 4.69) is 34.4 Å². The fourth-order valence-corrected chi connectivity index (χ4v) is 2.36. The highest BCUT2D eigenvalue weighted by atomic mass is 16.2. The number of pyridine rings is 1. The Bertz CT molecular complexity index is 712. The van der Waals surface area contributed by atoms with Crippen molar-refractivity contribution in [1.82, 2.24) is 4.98 Å². The standard InChI is InChI=1S/C18H22N4O2/c1-4-22(5-2)14-9-10-15(13(3)12-14)20-17(23)18(24)21-16-8-6-7-11-19-16/h6-12H,4-5H2,1-3H3,(H,20,23)(H,19,21,24). The van der Waals surface area contributed by atoms with Gasteiger partial charge in [-0.05, 0) is 56.7 Å². The molecule has 2 rings (SSSR count). The molecule has 0 bridgehead atoms. The molecule has 1 aromatic heterocycles. The van der Waals surface area contributed by atoms with Crippen molar-refractivity contribution in [2.45, 2.75) is 20.8 Å². The number of aryl methyl sites for hydroxylation is 1. The van der Waals surface area contributed by atoms with E-state index in [-0.39, 0.29) is 0 Å². The minimum Gasteiger partial charge on any atom is -0.372 e. The van der Waals surface area contributed by atoms with Gasteiger partial charge in [0.1, 0.15) is 5.82 Å². The lowest BCUT2D eigenvalue weighted by Crippen LogP contribution is -2.29. The number of benzene rings is 1. The van der Waals surface area contributed by atoms with E-state index in [0.717, 1.165) is 24.3 Å². The van der Waals surface area contributed by atoms with Crippen LogP contribution in [0.4, 0.5) is 17.2 Å². The molecule has 2 amide bonds. The Kier molecular flexibility index (Phi) is 5.89. The maximum absolute atomic E-state index is 12.0. The largest absolute Gasteiger partial charge is 0.372 e. The molecule has 1 heterocycles. The zero-order valence-electron chi connectivity index (χ0n) is 14.2. The highest BCUT2D eigenvalue weighted by Gasteiger charge is 2.15. The molecule has 0 aliphatic carbocycles. The molecule has 2 N–H and O–H groups in total. The highest BCUT2D eigenvalue weighted by Crippen LogP contribution is 2.22. The van der Waals surface area contributed by atoms with Crippen LogP contribution in [-0.4, -0.2) is 29.9 Å². The summed E-state index contributed by atoms with van der Waals surface area (Å²) in [6.07, 6.45) is 1.55. The summed E-state index contributed by atoms with van der Waals surface area (Å²) in [7, 11) is 0. The Balaban J connectivity index is 2.04. The first kappa shape index (κ1) is 17.5. The second-order valence-electron chi connectivity index (χ2n) is 5.29. The third kappa shape index (κ3) is 4.32. The van der Waals surface area contributed by atoms with Crippen LogP contribution >= 0.6 is 0 Å². The monoisotopic (exact) mass is 326 g/mol. The van der Waals surface area contributed by atoms with Gasteiger partial charge < -0.3 is 15.5 Å². The smallest absolute Gasteiger partial charge is 0.315 e. The highest BCUT2D eigenvalue weighted by molar-refractivity contribution is 6.43. The number of carbonyl (C=O) groups excluding carboxylic acids is 2. The van der Waals surface area contributed by atoms with Crippen molar-refractivity contribution >= 4 is 29.0 Å². The lowest BCUT2D eigenvalue weighted by atomic mass is 10.1. The summed E-state index contributed by atoms with van der Waals surface area (Å²) in [6, 6.07) is 10.8. The van der Waals surface area contributed by atoms with Gasteiger partial charge in [0.25, 0.3) is 0 Å². The van der Waals surface area contributed by atoms with Crippen LogP contribution in [0.1, 0.15) is 19.4 Å². The summed E-state index contributed by atoms with van der Waals surface area (Å²) in [5.41, 5.74) is 2.61. The fraction of sp³-hybridized carbons (Fsp3) is 0.278. The van der Waals surface area contributed by atoms with Crippen molar-refractivity contribution in [3.8, 4) is 0 Å². The lowest BCUT2D eigenvalue weighted by Gasteiger charge is -2.22. The topological polar surface area (TPSA) is 74.3 Å². The Morgan fingerprint density at radius 3 is 2.33 bits per heavy atom. The predicted octanol–water partition coefficient (Wildman–Crippen LogP) is 2.81. The van der Waals surface area contributed by atoms with Gasteiger partial charge in [0.2, 0.25) is 0 Å². The normalized spacial score (nSPS) is 10.1. The second-order valence-corrected chi connectivity index (χ2v) is 5.29. The first-order valence-electron chi connectivity index (χ1n) is 7.94. The van der Waals surface area contributed by atoms with E-state index >= 15 is 0 Å². The Morgan fingerprint density at radius 2 is 1.75 bits per heavy atom. The molecule has 0 saturated heterocycles. The Hall–Kier alpha value is -2.89. The molecule has 6 nitrogen and oxygen atoms in total. The van der Waals surface area contributed by atoms with Crippen molar-refractivity contribution < 1.29 is 9.59 Å². The summed E-state index contributed by atoms with van der Waals surface area (Å²) in [5, 5.41) is 5.09. The van der Waals surface area contributed by atoms with Gasteiger partial charge in [0.05, 0.1) is 0 Å². The number of nitrogens with zero attached hydrogens (tertiary/aromatic N) is 2. The number of hydrogen-bond acceptors (Lipinski definition) is 4. The molecule has 0 aliphatic heterocycles. The van der Waals surface area contributed by atoms with Crippen molar-refractivity contribution in [1.29, 1.82) is 0 Å². The van der Waals surface area contributed by atoms with Gasteiger partial charge in [-0.25, -0.2) is 4.98 Å². The van der Waals surface area contributed by atoms with Gasteiger partial charge in [-0.2, -0.15) is 0 Å². The molecular formula is C18H22N4O2. The van der Waals surface area contributed by atoms with Gasteiger partial charge in [-0.3, -0.25) is 9.59 Å². The predicted molar refractivity (Wildman–Crippen MR) is 96.2 cm³/mol. The molecule has 1 aromatic carbocycles. The quantitative estimate of drug-likeness (QED) is 0.829. The van der Waals surface area contributed by atoms with Crippen LogP contribution in [0.15, 0.2) is 42.6 Å². The van der Waals surface area contributed by atoms with E-state index in [1.165, 1.54) is 0 Å². The lowest BCUT2D eigenvalue weighted by molar-refractivity contribution is -0.133. The molecule has 2 aromatic rings. The van der Waals surface area contributed by atoms with Gasteiger partial charge in [-0.15, -0.1) is 0 Å². The van der Waals surface area contributed by atoms with Crippen LogP contribution in [0.5, 0.6) is 0 Å². The summed E-state index contributed by atoms with van der Waals surface area (Å²) in [6.45, 7) is 7.91. The number of carbonyl (C=O) groups is 2. The van der Waals surface area contributed by atoms with E-state index in [9.17, 15) is 9.59 Å². The number of anilines is 3. The first-order valence-corrected chi connectivity index (χ1v) is 7.94. The van der Waals surface area contributed by atoms with E-state index in [4.69, 9.17) is 0 Å². The molecule has 6 heteroatoms. The first-order chi connectivity index (χ1) is 11.5. The third-order valence-electron chi connectivity index (χ3n) is 3.70. The Morgan fingerprint density at radius 1 is 1.04 bits per heavy atom. The van der Waals surface area contributed by atoms with Crippen molar-refractivity contribution in [3.63, 3.8) is 0 Å². The molecule has 0 spiro atoms. The summed E-state index contributed by atoms with van der Waals surface area (Å²) < 4.78 is 0. The van der Waals surface area contributed by atoms with Crippen LogP contribution in [0.3, 0.4) is 0 Å². The summed E-state index contributed by atoms with van der Waals surface area (Å²) in [5.74, 6) is -1.13. The number of rotatable bonds is 5. The average Bonchev–Trinajstić information content (AvgIpc) is 2.59. The number of hydrogen-bond donors (Lipinski definition) is 2. The zero-order valence-corrected chi connectivity index (χ0v) is 14.2. The number of aromatic nitrogens is 1. The van der Waals surface area contributed by atoms with Gasteiger partial charge >= 0.3 is 11.8 Å². The molecule has 0 saturated carbocycles. The summed E-state index contributed by atoms with van der Waals surface area (Å²) in [4.78, 5) is 30.1. The number of nitrogens with one attached hydrogen (secondary N) is 2. The zero-order chi connectivity index (χ0) is 17.5. The van der Waals surface area contributed by atoms with Crippen LogP contribution in [-0.2, 0) is 9.59 Å². The van der Waals surface area contributed by atoms with Crippen molar-refractivity contribution in [2.24, 2.45) is 0 Å². The van der Waals surface area contributed by atoms with Crippen LogP contribution in [0, 0.1) is 6.92 Å². The maximum Gasteiger partial charge on any atom is 0.315 e. The van der Waals surface area contributed by atoms with Crippen molar-refractivity contribution in [3.05, 3.63) is 48.2 Å². The minimum atomic E-state index is -0.749. The average molecular weight is 326 g/mol. The third-order valence-corrected chi connectivity index (χ3v) is 3.70. The van der Waals surface area contributed by atoms with E-state index in [0.29, 0.717) is 11.5 Å². The van der Waals surface area contributed by atoms with Gasteiger partial charge in [0, 0.05) is 30.7 Å². The molecule has 0 radical (unpaired) electrons.